The maximum absolute atomic E-state index is 12.9. The van der Waals surface area contributed by atoms with Crippen molar-refractivity contribution in [1.29, 1.82) is 0 Å². The van der Waals surface area contributed by atoms with E-state index in [4.69, 9.17) is 4.74 Å². The van der Waals surface area contributed by atoms with Crippen LogP contribution in [-0.4, -0.2) is 62.9 Å². The third-order valence-electron chi connectivity index (χ3n) is 5.12. The molecule has 1 aromatic carbocycles. The van der Waals surface area contributed by atoms with Crippen LogP contribution >= 0.6 is 0 Å². The lowest BCUT2D eigenvalue weighted by Gasteiger charge is -2.32. The van der Waals surface area contributed by atoms with Gasteiger partial charge in [0.15, 0.2) is 0 Å². The molecule has 0 aliphatic carbocycles. The van der Waals surface area contributed by atoms with Gasteiger partial charge < -0.3 is 10.1 Å². The molecule has 1 N–H and O–H groups in total. The number of fused-ring (bicyclic) bond motifs is 1. The molecule has 0 amide bonds. The number of hydrogen-bond donors (Lipinski definition) is 1. The van der Waals surface area contributed by atoms with Crippen LogP contribution in [0.2, 0.25) is 0 Å². The summed E-state index contributed by atoms with van der Waals surface area (Å²) >= 11 is 0. The predicted molar refractivity (Wildman–Crippen MR) is 86.5 cm³/mol. The first-order valence-corrected chi connectivity index (χ1v) is 9.73. The number of benzene rings is 1. The molecule has 6 nitrogen and oxygen atoms in total. The molecule has 23 heavy (non-hydrogen) atoms. The Morgan fingerprint density at radius 2 is 1.87 bits per heavy atom. The molecule has 1 atom stereocenters. The van der Waals surface area contributed by atoms with Crippen LogP contribution in [0.25, 0.3) is 0 Å². The Labute approximate surface area is 137 Å². The minimum atomic E-state index is -3.40. The fourth-order valence-electron chi connectivity index (χ4n) is 3.73. The maximum atomic E-state index is 12.9. The third-order valence-corrected chi connectivity index (χ3v) is 6.99. The SMILES string of the molecule is O=S(=O)(c1ccc2c(c1)COC2)N1CCC(N2CCNCC2)C1. The molecule has 2 saturated heterocycles. The van der Waals surface area contributed by atoms with Gasteiger partial charge in [0.25, 0.3) is 0 Å². The van der Waals surface area contributed by atoms with E-state index in [0.717, 1.165) is 43.7 Å². The third kappa shape index (κ3) is 2.92. The molecule has 0 bridgehead atoms. The van der Waals surface area contributed by atoms with Crippen LogP contribution in [0.1, 0.15) is 17.5 Å². The predicted octanol–water partition coefficient (Wildman–Crippen LogP) is 0.385. The lowest BCUT2D eigenvalue weighted by Crippen LogP contribution is -2.49. The summed E-state index contributed by atoms with van der Waals surface area (Å²) in [4.78, 5) is 2.82. The molecule has 0 aromatic heterocycles. The number of hydrogen-bond acceptors (Lipinski definition) is 5. The smallest absolute Gasteiger partial charge is 0.243 e. The van der Waals surface area contributed by atoms with Crippen LogP contribution in [0.3, 0.4) is 0 Å². The van der Waals surface area contributed by atoms with E-state index in [1.165, 1.54) is 0 Å². The van der Waals surface area contributed by atoms with Crippen molar-refractivity contribution in [3.05, 3.63) is 29.3 Å². The zero-order valence-electron chi connectivity index (χ0n) is 13.2. The van der Waals surface area contributed by atoms with Crippen LogP contribution < -0.4 is 5.32 Å². The Balaban J connectivity index is 1.51. The number of ether oxygens (including phenoxy) is 1. The van der Waals surface area contributed by atoms with Crippen molar-refractivity contribution in [2.24, 2.45) is 0 Å². The summed E-state index contributed by atoms with van der Waals surface area (Å²) in [5.41, 5.74) is 2.10. The van der Waals surface area contributed by atoms with E-state index >= 15 is 0 Å². The summed E-state index contributed by atoms with van der Waals surface area (Å²) in [6.07, 6.45) is 0.924. The highest BCUT2D eigenvalue weighted by atomic mass is 32.2. The van der Waals surface area contributed by atoms with Crippen LogP contribution in [0.5, 0.6) is 0 Å². The highest BCUT2D eigenvalue weighted by molar-refractivity contribution is 7.89. The number of piperazine rings is 1. The molecular formula is C16H23N3O3S. The molecule has 4 rings (SSSR count). The van der Waals surface area contributed by atoms with Crippen molar-refractivity contribution >= 4 is 10.0 Å². The Kier molecular flexibility index (Phi) is 4.15. The summed E-state index contributed by atoms with van der Waals surface area (Å²) in [5, 5.41) is 3.34. The Bertz CT molecular complexity index is 686. The van der Waals surface area contributed by atoms with Gasteiger partial charge in [-0.1, -0.05) is 6.07 Å². The summed E-state index contributed by atoms with van der Waals surface area (Å²) in [6, 6.07) is 5.75. The van der Waals surface area contributed by atoms with Crippen LogP contribution in [0.15, 0.2) is 23.1 Å². The highest BCUT2D eigenvalue weighted by Crippen LogP contribution is 2.27. The standard InChI is InChI=1S/C16H23N3O3S/c20-23(21,16-2-1-13-11-22-12-14(13)9-16)19-6-3-15(10-19)18-7-4-17-5-8-18/h1-2,9,15,17H,3-8,10-12H2. The quantitative estimate of drug-likeness (QED) is 0.864. The first kappa shape index (κ1) is 15.5. The average molecular weight is 337 g/mol. The second-order valence-corrected chi connectivity index (χ2v) is 8.45. The molecular weight excluding hydrogens is 314 g/mol. The lowest BCUT2D eigenvalue weighted by atomic mass is 10.1. The monoisotopic (exact) mass is 337 g/mol. The fraction of sp³-hybridized carbons (Fsp3) is 0.625. The van der Waals surface area contributed by atoms with Gasteiger partial charge in [-0.05, 0) is 29.7 Å². The van der Waals surface area contributed by atoms with Crippen molar-refractivity contribution in [3.63, 3.8) is 0 Å². The molecule has 0 spiro atoms. The summed E-state index contributed by atoms with van der Waals surface area (Å²) in [5.74, 6) is 0. The Hall–Kier alpha value is -0.990. The van der Waals surface area contributed by atoms with Gasteiger partial charge >= 0.3 is 0 Å². The van der Waals surface area contributed by atoms with Crippen molar-refractivity contribution < 1.29 is 13.2 Å². The van der Waals surface area contributed by atoms with Gasteiger partial charge in [0.05, 0.1) is 18.1 Å². The molecule has 2 fully saturated rings. The summed E-state index contributed by atoms with van der Waals surface area (Å²) < 4.78 is 32.9. The van der Waals surface area contributed by atoms with E-state index < -0.39 is 10.0 Å². The molecule has 3 aliphatic rings. The maximum Gasteiger partial charge on any atom is 0.243 e. The summed E-state index contributed by atoms with van der Waals surface area (Å²) in [7, 11) is -3.40. The lowest BCUT2D eigenvalue weighted by molar-refractivity contribution is 0.134. The molecule has 3 aliphatic heterocycles. The van der Waals surface area contributed by atoms with E-state index in [9.17, 15) is 8.42 Å². The van der Waals surface area contributed by atoms with Crippen molar-refractivity contribution in [2.45, 2.75) is 30.6 Å². The molecule has 126 valence electrons. The molecule has 1 unspecified atom stereocenters. The Morgan fingerprint density at radius 3 is 2.70 bits per heavy atom. The zero-order chi connectivity index (χ0) is 15.9. The van der Waals surface area contributed by atoms with Gasteiger partial charge in [0.1, 0.15) is 0 Å². The number of nitrogens with zero attached hydrogens (tertiary/aromatic N) is 2. The molecule has 0 saturated carbocycles. The molecule has 1 aromatic rings. The van der Waals surface area contributed by atoms with Gasteiger partial charge in [-0.3, -0.25) is 4.90 Å². The van der Waals surface area contributed by atoms with Gasteiger partial charge in [-0.25, -0.2) is 8.42 Å². The van der Waals surface area contributed by atoms with Gasteiger partial charge in [0.2, 0.25) is 10.0 Å². The van der Waals surface area contributed by atoms with Crippen LogP contribution in [0.4, 0.5) is 0 Å². The number of nitrogens with one attached hydrogen (secondary N) is 1. The van der Waals surface area contributed by atoms with Crippen LogP contribution in [0, 0.1) is 0 Å². The Morgan fingerprint density at radius 1 is 1.09 bits per heavy atom. The molecule has 7 heteroatoms. The number of rotatable bonds is 3. The fourth-order valence-corrected chi connectivity index (χ4v) is 5.28. The van der Waals surface area contributed by atoms with Crippen molar-refractivity contribution in [2.75, 3.05) is 39.3 Å². The van der Waals surface area contributed by atoms with Gasteiger partial charge in [-0.2, -0.15) is 4.31 Å². The topological polar surface area (TPSA) is 61.9 Å². The van der Waals surface area contributed by atoms with E-state index in [1.54, 1.807) is 16.4 Å². The second-order valence-electron chi connectivity index (χ2n) is 6.51. The van der Waals surface area contributed by atoms with E-state index in [2.05, 4.69) is 10.2 Å². The highest BCUT2D eigenvalue weighted by Gasteiger charge is 2.35. The average Bonchev–Trinajstić information content (AvgIpc) is 3.24. The first-order chi connectivity index (χ1) is 11.1. The minimum Gasteiger partial charge on any atom is -0.372 e. The van der Waals surface area contributed by atoms with Crippen molar-refractivity contribution in [1.82, 2.24) is 14.5 Å². The van der Waals surface area contributed by atoms with E-state index in [1.807, 2.05) is 6.07 Å². The second kappa shape index (κ2) is 6.14. The normalized spacial score (nSPS) is 26.5. The molecule has 0 radical (unpaired) electrons. The summed E-state index contributed by atoms with van der Waals surface area (Å²) in [6.45, 7) is 6.33. The van der Waals surface area contributed by atoms with Gasteiger partial charge in [0, 0.05) is 45.3 Å². The van der Waals surface area contributed by atoms with E-state index in [-0.39, 0.29) is 0 Å². The van der Waals surface area contributed by atoms with Crippen LogP contribution in [-0.2, 0) is 28.0 Å². The van der Waals surface area contributed by atoms with Gasteiger partial charge in [-0.15, -0.1) is 0 Å². The zero-order valence-corrected chi connectivity index (χ0v) is 14.0. The largest absolute Gasteiger partial charge is 0.372 e. The number of sulfonamides is 1. The van der Waals surface area contributed by atoms with Crippen molar-refractivity contribution in [3.8, 4) is 0 Å². The molecule has 3 heterocycles. The minimum absolute atomic E-state index is 0.352. The first-order valence-electron chi connectivity index (χ1n) is 8.29. The van der Waals surface area contributed by atoms with E-state index in [0.29, 0.717) is 37.2 Å².